The zero-order valence-corrected chi connectivity index (χ0v) is 32.0. The average Bonchev–Trinajstić information content (AvgIpc) is 3.92. The van der Waals surface area contributed by atoms with Crippen LogP contribution in [0.25, 0.3) is 89.0 Å². The molecule has 0 bridgehead atoms. The number of para-hydroxylation sites is 2. The molecule has 0 amide bonds. The minimum Gasteiger partial charge on any atom is -0.455 e. The number of aromatic nitrogens is 1. The van der Waals surface area contributed by atoms with Gasteiger partial charge in [0.05, 0.1) is 11.3 Å². The number of rotatable bonds is 8. The number of anilines is 3. The molecule has 0 spiro atoms. The minimum absolute atomic E-state index is 0.574. The van der Waals surface area contributed by atoms with Crippen LogP contribution >= 0.6 is 0 Å². The van der Waals surface area contributed by atoms with E-state index < -0.39 is 0 Å². The Labute approximate surface area is 341 Å². The van der Waals surface area contributed by atoms with Crippen molar-refractivity contribution in [2.24, 2.45) is 0 Å². The summed E-state index contributed by atoms with van der Waals surface area (Å²) in [6.45, 7) is 0. The van der Waals surface area contributed by atoms with Crippen molar-refractivity contribution in [1.82, 2.24) is 4.98 Å². The summed E-state index contributed by atoms with van der Waals surface area (Å²) in [6.07, 6.45) is 0. The van der Waals surface area contributed by atoms with E-state index in [1.807, 2.05) is 48.5 Å². The topological polar surface area (TPSA) is 42.4 Å². The van der Waals surface area contributed by atoms with Gasteiger partial charge in [-0.1, -0.05) is 158 Å². The van der Waals surface area contributed by atoms with Crippen LogP contribution < -0.4 is 4.90 Å². The van der Waals surface area contributed by atoms with E-state index >= 15 is 0 Å². The number of nitrogens with zero attached hydrogens (tertiary/aromatic N) is 2. The molecule has 11 rings (SSSR count). The van der Waals surface area contributed by atoms with Gasteiger partial charge in [-0.3, -0.25) is 0 Å². The first kappa shape index (κ1) is 34.3. The van der Waals surface area contributed by atoms with Gasteiger partial charge in [0.1, 0.15) is 16.7 Å². The third kappa shape index (κ3) is 6.24. The average molecular weight is 757 g/mol. The van der Waals surface area contributed by atoms with Crippen LogP contribution in [0.3, 0.4) is 0 Å². The highest BCUT2D eigenvalue weighted by molar-refractivity contribution is 6.17. The van der Waals surface area contributed by atoms with Crippen LogP contribution in [-0.4, -0.2) is 4.98 Å². The molecular weight excluding hydrogens is 721 g/mol. The Balaban J connectivity index is 1.08. The van der Waals surface area contributed by atoms with Crippen molar-refractivity contribution in [2.75, 3.05) is 4.90 Å². The van der Waals surface area contributed by atoms with Crippen molar-refractivity contribution < 1.29 is 8.83 Å². The molecule has 11 aromatic rings. The first-order valence-electron chi connectivity index (χ1n) is 19.9. The molecule has 2 aromatic heterocycles. The van der Waals surface area contributed by atoms with Crippen LogP contribution in [0.1, 0.15) is 0 Å². The summed E-state index contributed by atoms with van der Waals surface area (Å²) >= 11 is 0. The summed E-state index contributed by atoms with van der Waals surface area (Å²) < 4.78 is 13.2. The third-order valence-electron chi connectivity index (χ3n) is 11.1. The van der Waals surface area contributed by atoms with Crippen LogP contribution in [0, 0.1) is 0 Å². The van der Waals surface area contributed by atoms with Crippen molar-refractivity contribution in [3.63, 3.8) is 0 Å². The highest BCUT2D eigenvalue weighted by atomic mass is 16.4. The molecule has 0 atom stereocenters. The van der Waals surface area contributed by atoms with Gasteiger partial charge in [-0.25, -0.2) is 4.98 Å². The summed E-state index contributed by atoms with van der Waals surface area (Å²) in [5.41, 5.74) is 16.0. The first-order valence-corrected chi connectivity index (χ1v) is 19.9. The molecular formula is C55H36N2O2. The standard InChI is InChI=1S/C55H36N2O2/c1-5-15-37(16-6-1)38-25-27-39(28-26-38)40-29-32-45(33-30-40)57(44-21-11-4-12-22-44)49-34-31-43(35-47(49)41-17-7-2-8-18-41)52-53-51(59-55(56-53)42-19-9-3-10-20-42)36-48-46-23-13-14-24-50(46)58-54(48)52/h1-36H. The van der Waals surface area contributed by atoms with E-state index in [2.05, 4.69) is 175 Å². The summed E-state index contributed by atoms with van der Waals surface area (Å²) in [5.74, 6) is 0.574. The van der Waals surface area contributed by atoms with Crippen molar-refractivity contribution in [2.45, 2.75) is 0 Å². The van der Waals surface area contributed by atoms with Crippen LogP contribution in [0.5, 0.6) is 0 Å². The van der Waals surface area contributed by atoms with Gasteiger partial charge in [-0.15, -0.1) is 0 Å². The van der Waals surface area contributed by atoms with Gasteiger partial charge in [0.2, 0.25) is 5.89 Å². The van der Waals surface area contributed by atoms with E-state index in [1.54, 1.807) is 0 Å². The Morgan fingerprint density at radius 3 is 1.53 bits per heavy atom. The predicted molar refractivity (Wildman–Crippen MR) is 243 cm³/mol. The molecule has 0 N–H and O–H groups in total. The molecule has 0 fully saturated rings. The van der Waals surface area contributed by atoms with E-state index in [1.165, 1.54) is 16.7 Å². The molecule has 59 heavy (non-hydrogen) atoms. The molecule has 4 nitrogen and oxygen atoms in total. The molecule has 9 aromatic carbocycles. The molecule has 0 saturated heterocycles. The van der Waals surface area contributed by atoms with Crippen molar-refractivity contribution >= 4 is 50.1 Å². The largest absolute Gasteiger partial charge is 0.455 e. The van der Waals surface area contributed by atoms with Crippen LogP contribution in [-0.2, 0) is 0 Å². The van der Waals surface area contributed by atoms with Crippen molar-refractivity contribution in [3.05, 3.63) is 218 Å². The molecule has 0 unspecified atom stereocenters. The number of benzene rings is 9. The maximum atomic E-state index is 6.71. The van der Waals surface area contributed by atoms with Crippen molar-refractivity contribution in [3.8, 4) is 56.0 Å². The van der Waals surface area contributed by atoms with Crippen LogP contribution in [0.2, 0.25) is 0 Å². The van der Waals surface area contributed by atoms with Crippen LogP contribution in [0.15, 0.2) is 227 Å². The minimum atomic E-state index is 0.574. The second kappa shape index (κ2) is 14.5. The van der Waals surface area contributed by atoms with Crippen LogP contribution in [0.4, 0.5) is 17.1 Å². The number of fused-ring (bicyclic) bond motifs is 4. The lowest BCUT2D eigenvalue weighted by atomic mass is 9.94. The lowest BCUT2D eigenvalue weighted by molar-refractivity contribution is 0.620. The zero-order valence-electron chi connectivity index (χ0n) is 32.0. The van der Waals surface area contributed by atoms with Gasteiger partial charge >= 0.3 is 0 Å². The third-order valence-corrected chi connectivity index (χ3v) is 11.1. The predicted octanol–water partition coefficient (Wildman–Crippen LogP) is 15.5. The molecule has 0 aliphatic rings. The summed E-state index contributed by atoms with van der Waals surface area (Å²) in [5, 5.41) is 2.03. The Bertz CT molecular complexity index is 3230. The Morgan fingerprint density at radius 1 is 0.356 bits per heavy atom. The quantitative estimate of drug-likeness (QED) is 0.155. The zero-order chi connectivity index (χ0) is 39.1. The molecule has 4 heteroatoms. The Morgan fingerprint density at radius 2 is 0.864 bits per heavy atom. The van der Waals surface area contributed by atoms with Gasteiger partial charge < -0.3 is 13.7 Å². The monoisotopic (exact) mass is 756 g/mol. The van der Waals surface area contributed by atoms with E-state index in [9.17, 15) is 0 Å². The summed E-state index contributed by atoms with van der Waals surface area (Å²) in [7, 11) is 0. The smallest absolute Gasteiger partial charge is 0.227 e. The molecule has 0 saturated carbocycles. The Kier molecular flexibility index (Phi) is 8.45. The van der Waals surface area contributed by atoms with Gasteiger partial charge in [0, 0.05) is 33.3 Å². The van der Waals surface area contributed by atoms with E-state index in [-0.39, 0.29) is 0 Å². The van der Waals surface area contributed by atoms with E-state index in [0.29, 0.717) is 11.5 Å². The van der Waals surface area contributed by atoms with E-state index in [4.69, 9.17) is 13.8 Å². The first-order chi connectivity index (χ1) is 29.2. The summed E-state index contributed by atoms with van der Waals surface area (Å²) in [6, 6.07) is 76.4. The van der Waals surface area contributed by atoms with Gasteiger partial charge in [0.15, 0.2) is 5.58 Å². The SMILES string of the molecule is c1ccc(-c2ccc(-c3ccc(N(c4ccccc4)c4ccc(-c5c6nc(-c7ccccc7)oc6cc6c5oc5ccccc56)cc4-c4ccccc4)cc3)cc2)cc1. The second-order valence-corrected chi connectivity index (χ2v) is 14.7. The Hall–Kier alpha value is -7.95. The second-order valence-electron chi connectivity index (χ2n) is 14.7. The highest BCUT2D eigenvalue weighted by Gasteiger charge is 2.24. The molecule has 0 aliphatic carbocycles. The lowest BCUT2D eigenvalue weighted by Crippen LogP contribution is -2.11. The van der Waals surface area contributed by atoms with Gasteiger partial charge in [0.25, 0.3) is 0 Å². The fraction of sp³-hybridized carbons (Fsp3) is 0. The number of oxazole rings is 1. The number of furan rings is 1. The molecule has 2 heterocycles. The lowest BCUT2D eigenvalue weighted by Gasteiger charge is -2.28. The number of hydrogen-bond donors (Lipinski definition) is 0. The normalized spacial score (nSPS) is 11.4. The summed E-state index contributed by atoms with van der Waals surface area (Å²) in [4.78, 5) is 7.49. The van der Waals surface area contributed by atoms with Crippen molar-refractivity contribution in [1.29, 1.82) is 0 Å². The molecule has 0 radical (unpaired) electrons. The van der Waals surface area contributed by atoms with Gasteiger partial charge in [-0.2, -0.15) is 0 Å². The van der Waals surface area contributed by atoms with Gasteiger partial charge in [-0.05, 0) is 94.0 Å². The van der Waals surface area contributed by atoms with E-state index in [0.717, 1.165) is 77.9 Å². The molecule has 278 valence electrons. The number of hydrogen-bond acceptors (Lipinski definition) is 4. The maximum absolute atomic E-state index is 6.71. The highest BCUT2D eigenvalue weighted by Crippen LogP contribution is 2.47. The molecule has 0 aliphatic heterocycles. The maximum Gasteiger partial charge on any atom is 0.227 e. The fourth-order valence-corrected chi connectivity index (χ4v) is 8.24. The fourth-order valence-electron chi connectivity index (χ4n) is 8.24.